The van der Waals surface area contributed by atoms with Gasteiger partial charge in [0.1, 0.15) is 11.5 Å². The number of hydrogen-bond acceptors (Lipinski definition) is 3. The number of furan rings is 1. The molecule has 22 heavy (non-hydrogen) atoms. The first-order valence-corrected chi connectivity index (χ1v) is 7.51. The van der Waals surface area contributed by atoms with Gasteiger partial charge in [0.05, 0.1) is 21.9 Å². The van der Waals surface area contributed by atoms with Crippen LogP contribution in [0.5, 0.6) is 0 Å². The average molecular weight is 360 g/mol. The highest BCUT2D eigenvalue weighted by Crippen LogP contribution is 2.18. The molecule has 1 N–H and O–H groups in total. The highest BCUT2D eigenvalue weighted by atomic mass is 79.9. The lowest BCUT2D eigenvalue weighted by Crippen LogP contribution is -2.12. The molecule has 6 heteroatoms. The molecule has 0 aliphatic heterocycles. The second-order valence-corrected chi connectivity index (χ2v) is 5.85. The molecule has 0 atom stereocenters. The van der Waals surface area contributed by atoms with E-state index in [0.717, 1.165) is 21.6 Å². The molecule has 112 valence electrons. The van der Waals surface area contributed by atoms with Gasteiger partial charge in [0.25, 0.3) is 5.91 Å². The highest BCUT2D eigenvalue weighted by Gasteiger charge is 2.13. The van der Waals surface area contributed by atoms with Crippen LogP contribution in [-0.2, 0) is 0 Å². The third-order valence-corrected chi connectivity index (χ3v) is 3.64. The Morgan fingerprint density at radius 2 is 2.00 bits per heavy atom. The lowest BCUT2D eigenvalue weighted by atomic mass is 10.2. The SMILES string of the molecule is Cc1cc(C(=O)Nc2ccc(-n3cc(Br)cn3)cc2)c(C)o1. The summed E-state index contributed by atoms with van der Waals surface area (Å²) in [7, 11) is 0. The summed E-state index contributed by atoms with van der Waals surface area (Å²) in [5, 5.41) is 7.07. The Hall–Kier alpha value is -2.34. The molecular weight excluding hydrogens is 346 g/mol. The lowest BCUT2D eigenvalue weighted by Gasteiger charge is -2.06. The molecule has 0 saturated heterocycles. The number of nitrogens with one attached hydrogen (secondary N) is 1. The van der Waals surface area contributed by atoms with Gasteiger partial charge < -0.3 is 9.73 Å². The van der Waals surface area contributed by atoms with Crippen LogP contribution in [0.2, 0.25) is 0 Å². The predicted octanol–water partition coefficient (Wildman–Crippen LogP) is 4.10. The van der Waals surface area contributed by atoms with E-state index in [1.807, 2.05) is 37.4 Å². The Labute approximate surface area is 136 Å². The van der Waals surface area contributed by atoms with Crippen molar-refractivity contribution in [1.29, 1.82) is 0 Å². The van der Waals surface area contributed by atoms with Crippen molar-refractivity contribution in [3.05, 3.63) is 64.3 Å². The quantitative estimate of drug-likeness (QED) is 0.765. The van der Waals surface area contributed by atoms with Crippen LogP contribution < -0.4 is 5.32 Å². The standard InChI is InChI=1S/C16H14BrN3O2/c1-10-7-15(11(2)22-10)16(21)19-13-3-5-14(6-4-13)20-9-12(17)8-18-20/h3-9H,1-2H3,(H,19,21). The summed E-state index contributed by atoms with van der Waals surface area (Å²) < 4.78 is 8.04. The number of benzene rings is 1. The van der Waals surface area contributed by atoms with Crippen molar-refractivity contribution in [2.45, 2.75) is 13.8 Å². The molecule has 1 amide bonds. The normalized spacial score (nSPS) is 10.7. The van der Waals surface area contributed by atoms with Crippen molar-refractivity contribution in [2.75, 3.05) is 5.32 Å². The lowest BCUT2D eigenvalue weighted by molar-refractivity contribution is 0.102. The Morgan fingerprint density at radius 1 is 1.27 bits per heavy atom. The van der Waals surface area contributed by atoms with E-state index in [4.69, 9.17) is 4.42 Å². The summed E-state index contributed by atoms with van der Waals surface area (Å²) in [6.45, 7) is 3.60. The van der Waals surface area contributed by atoms with Gasteiger partial charge in [-0.3, -0.25) is 4.79 Å². The van der Waals surface area contributed by atoms with Crippen molar-refractivity contribution in [3.8, 4) is 5.69 Å². The number of rotatable bonds is 3. The minimum absolute atomic E-state index is 0.177. The molecule has 3 aromatic rings. The first-order valence-electron chi connectivity index (χ1n) is 6.72. The van der Waals surface area contributed by atoms with Gasteiger partial charge in [0, 0.05) is 11.9 Å². The van der Waals surface area contributed by atoms with E-state index in [-0.39, 0.29) is 5.91 Å². The number of aromatic nitrogens is 2. The van der Waals surface area contributed by atoms with Crippen LogP contribution in [-0.4, -0.2) is 15.7 Å². The maximum Gasteiger partial charge on any atom is 0.259 e. The maximum atomic E-state index is 12.2. The molecule has 0 spiro atoms. The monoisotopic (exact) mass is 359 g/mol. The zero-order chi connectivity index (χ0) is 15.7. The van der Waals surface area contributed by atoms with Crippen molar-refractivity contribution < 1.29 is 9.21 Å². The van der Waals surface area contributed by atoms with Crippen LogP contribution in [0.15, 0.2) is 51.6 Å². The second-order valence-electron chi connectivity index (χ2n) is 4.93. The number of halogens is 1. The van der Waals surface area contributed by atoms with Crippen LogP contribution in [0, 0.1) is 13.8 Å². The van der Waals surface area contributed by atoms with Crippen LogP contribution in [0.4, 0.5) is 5.69 Å². The molecular formula is C16H14BrN3O2. The van der Waals surface area contributed by atoms with Gasteiger partial charge in [-0.25, -0.2) is 4.68 Å². The summed E-state index contributed by atoms with van der Waals surface area (Å²) >= 11 is 3.36. The number of aryl methyl sites for hydroxylation is 2. The van der Waals surface area contributed by atoms with E-state index >= 15 is 0 Å². The van der Waals surface area contributed by atoms with Crippen molar-refractivity contribution >= 4 is 27.5 Å². The predicted molar refractivity (Wildman–Crippen MR) is 87.4 cm³/mol. The van der Waals surface area contributed by atoms with E-state index < -0.39 is 0 Å². The third-order valence-electron chi connectivity index (χ3n) is 3.23. The fraction of sp³-hybridized carbons (Fsp3) is 0.125. The summed E-state index contributed by atoms with van der Waals surface area (Å²) in [4.78, 5) is 12.2. The molecule has 0 aliphatic rings. The van der Waals surface area contributed by atoms with Gasteiger partial charge in [-0.1, -0.05) is 0 Å². The van der Waals surface area contributed by atoms with Crippen LogP contribution in [0.25, 0.3) is 5.69 Å². The van der Waals surface area contributed by atoms with Gasteiger partial charge in [0.2, 0.25) is 0 Å². The van der Waals surface area contributed by atoms with Crippen molar-refractivity contribution in [2.24, 2.45) is 0 Å². The zero-order valence-electron chi connectivity index (χ0n) is 12.1. The number of anilines is 1. The van der Waals surface area contributed by atoms with E-state index in [2.05, 4.69) is 26.3 Å². The third kappa shape index (κ3) is 2.96. The summed E-state index contributed by atoms with van der Waals surface area (Å²) in [6.07, 6.45) is 3.59. The van der Waals surface area contributed by atoms with Crippen molar-refractivity contribution in [1.82, 2.24) is 9.78 Å². The minimum Gasteiger partial charge on any atom is -0.466 e. The molecule has 3 rings (SSSR count). The number of carbonyl (C=O) groups excluding carboxylic acids is 1. The molecule has 0 fully saturated rings. The first kappa shape index (κ1) is 14.6. The second kappa shape index (κ2) is 5.81. The highest BCUT2D eigenvalue weighted by molar-refractivity contribution is 9.10. The van der Waals surface area contributed by atoms with E-state index in [1.54, 1.807) is 23.9 Å². The van der Waals surface area contributed by atoms with Gasteiger partial charge in [0.15, 0.2) is 0 Å². The van der Waals surface area contributed by atoms with Crippen molar-refractivity contribution in [3.63, 3.8) is 0 Å². The maximum absolute atomic E-state index is 12.2. The number of nitrogens with zero attached hydrogens (tertiary/aromatic N) is 2. The smallest absolute Gasteiger partial charge is 0.259 e. The summed E-state index contributed by atoms with van der Waals surface area (Å²) in [5.41, 5.74) is 2.19. The van der Waals surface area contributed by atoms with Gasteiger partial charge in [-0.05, 0) is 60.1 Å². The first-order chi connectivity index (χ1) is 10.5. The number of carbonyl (C=O) groups is 1. The molecule has 0 saturated carbocycles. The minimum atomic E-state index is -0.177. The van der Waals surface area contributed by atoms with Gasteiger partial charge in [-0.2, -0.15) is 5.10 Å². The van der Waals surface area contributed by atoms with Gasteiger partial charge >= 0.3 is 0 Å². The number of amides is 1. The molecule has 0 aliphatic carbocycles. The van der Waals surface area contributed by atoms with E-state index in [9.17, 15) is 4.79 Å². The largest absolute Gasteiger partial charge is 0.466 e. The zero-order valence-corrected chi connectivity index (χ0v) is 13.7. The average Bonchev–Trinajstić information content (AvgIpc) is 3.05. The Balaban J connectivity index is 1.76. The Bertz CT molecular complexity index is 818. The van der Waals surface area contributed by atoms with Crippen LogP contribution in [0.1, 0.15) is 21.9 Å². The topological polar surface area (TPSA) is 60.1 Å². The Morgan fingerprint density at radius 3 is 2.55 bits per heavy atom. The fourth-order valence-electron chi connectivity index (χ4n) is 2.19. The molecule has 0 unspecified atom stereocenters. The molecule has 2 aromatic heterocycles. The summed E-state index contributed by atoms with van der Waals surface area (Å²) in [5.74, 6) is 1.17. The molecule has 1 aromatic carbocycles. The van der Waals surface area contributed by atoms with Gasteiger partial charge in [-0.15, -0.1) is 0 Å². The van der Waals surface area contributed by atoms with E-state index in [1.165, 1.54) is 0 Å². The molecule has 5 nitrogen and oxygen atoms in total. The Kier molecular flexibility index (Phi) is 3.85. The fourth-order valence-corrected chi connectivity index (χ4v) is 2.48. The molecule has 0 radical (unpaired) electrons. The summed E-state index contributed by atoms with van der Waals surface area (Å²) in [6, 6.07) is 9.20. The van der Waals surface area contributed by atoms with Crippen LogP contribution >= 0.6 is 15.9 Å². The molecule has 2 heterocycles. The van der Waals surface area contributed by atoms with E-state index in [0.29, 0.717) is 11.3 Å². The van der Waals surface area contributed by atoms with Crippen LogP contribution in [0.3, 0.4) is 0 Å². The molecule has 0 bridgehead atoms. The number of hydrogen-bond donors (Lipinski definition) is 1.